The number of phenols is 1. The summed E-state index contributed by atoms with van der Waals surface area (Å²) in [4.78, 5) is 38.8. The second-order valence-electron chi connectivity index (χ2n) is 7.20. The molecule has 2 aromatic carbocycles. The van der Waals surface area contributed by atoms with E-state index < -0.39 is 17.8 Å². The van der Waals surface area contributed by atoms with Gasteiger partial charge in [0.2, 0.25) is 0 Å². The van der Waals surface area contributed by atoms with E-state index in [1.165, 1.54) is 31.4 Å². The van der Waals surface area contributed by atoms with Crippen molar-refractivity contribution in [1.29, 1.82) is 0 Å². The number of phenolic OH excluding ortho intramolecular Hbond substituents is 1. The molecule has 0 radical (unpaired) electrons. The average molecular weight is 454 g/mol. The highest BCUT2D eigenvalue weighted by atomic mass is 16.5. The van der Waals surface area contributed by atoms with E-state index in [0.717, 1.165) is 11.3 Å². The van der Waals surface area contributed by atoms with Crippen molar-refractivity contribution in [3.63, 3.8) is 0 Å². The number of rotatable bonds is 9. The Kier molecular flexibility index (Phi) is 7.55. The van der Waals surface area contributed by atoms with Gasteiger partial charge in [-0.3, -0.25) is 19.8 Å². The first-order chi connectivity index (χ1) is 15.9. The van der Waals surface area contributed by atoms with Gasteiger partial charge in [0.05, 0.1) is 26.9 Å². The Balaban J connectivity index is 1.87. The Hall–Kier alpha value is -4.01. The van der Waals surface area contributed by atoms with E-state index in [-0.39, 0.29) is 23.6 Å². The fourth-order valence-corrected chi connectivity index (χ4v) is 3.22. The molecule has 1 aliphatic rings. The van der Waals surface area contributed by atoms with Crippen molar-refractivity contribution in [3.8, 4) is 23.0 Å². The van der Waals surface area contributed by atoms with Gasteiger partial charge in [0.15, 0.2) is 23.0 Å². The Labute approximate surface area is 191 Å². The lowest BCUT2D eigenvalue weighted by Crippen LogP contribution is -2.53. The van der Waals surface area contributed by atoms with Crippen LogP contribution in [-0.2, 0) is 16.1 Å². The number of nitrogens with one attached hydrogen (secondary N) is 1. The molecule has 1 fully saturated rings. The molecule has 174 valence electrons. The Morgan fingerprint density at radius 3 is 2.48 bits per heavy atom. The first-order valence-corrected chi connectivity index (χ1v) is 10.5. The van der Waals surface area contributed by atoms with Gasteiger partial charge in [-0.15, -0.1) is 0 Å². The van der Waals surface area contributed by atoms with Crippen molar-refractivity contribution >= 4 is 23.9 Å². The van der Waals surface area contributed by atoms with Crippen LogP contribution in [0, 0.1) is 0 Å². The number of hydrogen-bond acceptors (Lipinski definition) is 7. The van der Waals surface area contributed by atoms with Crippen molar-refractivity contribution in [3.05, 3.63) is 53.1 Å². The smallest absolute Gasteiger partial charge is 0.331 e. The van der Waals surface area contributed by atoms with Crippen LogP contribution in [0.3, 0.4) is 0 Å². The summed E-state index contributed by atoms with van der Waals surface area (Å²) in [7, 11) is 1.39. The molecule has 0 saturated carbocycles. The third-order valence-electron chi connectivity index (χ3n) is 4.81. The van der Waals surface area contributed by atoms with Gasteiger partial charge in [0, 0.05) is 0 Å². The Morgan fingerprint density at radius 1 is 1.00 bits per heavy atom. The zero-order valence-electron chi connectivity index (χ0n) is 18.7. The van der Waals surface area contributed by atoms with Gasteiger partial charge in [0.25, 0.3) is 11.8 Å². The molecule has 4 amide bonds. The van der Waals surface area contributed by atoms with Gasteiger partial charge < -0.3 is 19.3 Å². The molecule has 9 nitrogen and oxygen atoms in total. The molecule has 0 atom stereocenters. The molecule has 0 spiro atoms. The predicted octanol–water partition coefficient (Wildman–Crippen LogP) is 3.25. The van der Waals surface area contributed by atoms with Crippen LogP contribution in [0.15, 0.2) is 42.0 Å². The van der Waals surface area contributed by atoms with Gasteiger partial charge in [-0.05, 0) is 54.8 Å². The second-order valence-corrected chi connectivity index (χ2v) is 7.20. The number of urea groups is 1. The lowest BCUT2D eigenvalue weighted by Gasteiger charge is -2.26. The molecule has 3 rings (SSSR count). The summed E-state index contributed by atoms with van der Waals surface area (Å²) < 4.78 is 16.4. The monoisotopic (exact) mass is 454 g/mol. The third-order valence-corrected chi connectivity index (χ3v) is 4.81. The fourth-order valence-electron chi connectivity index (χ4n) is 3.22. The molecule has 2 aromatic rings. The molecule has 2 N–H and O–H groups in total. The summed E-state index contributed by atoms with van der Waals surface area (Å²) >= 11 is 0. The van der Waals surface area contributed by atoms with Gasteiger partial charge in [-0.25, -0.2) is 4.79 Å². The molecule has 0 unspecified atom stereocenters. The number of hydrogen-bond donors (Lipinski definition) is 2. The van der Waals surface area contributed by atoms with E-state index in [2.05, 4.69) is 5.32 Å². The number of ether oxygens (including phenoxy) is 3. The minimum absolute atomic E-state index is 0.0671. The van der Waals surface area contributed by atoms with E-state index >= 15 is 0 Å². The number of imide groups is 2. The lowest BCUT2D eigenvalue weighted by atomic mass is 10.1. The maximum absolute atomic E-state index is 13.0. The van der Waals surface area contributed by atoms with Crippen LogP contribution < -0.4 is 19.5 Å². The number of amides is 4. The summed E-state index contributed by atoms with van der Waals surface area (Å²) in [6.45, 7) is 4.73. The number of barbiturate groups is 1. The van der Waals surface area contributed by atoms with Crippen LogP contribution in [-0.4, -0.2) is 48.2 Å². The number of aromatic hydroxyl groups is 1. The van der Waals surface area contributed by atoms with E-state index in [9.17, 15) is 19.5 Å². The highest BCUT2D eigenvalue weighted by Gasteiger charge is 2.35. The largest absolute Gasteiger partial charge is 0.504 e. The molecule has 9 heteroatoms. The number of methoxy groups -OCH3 is 1. The third kappa shape index (κ3) is 5.43. The van der Waals surface area contributed by atoms with Crippen molar-refractivity contribution in [2.45, 2.75) is 26.8 Å². The molecule has 0 aliphatic carbocycles. The molecule has 0 aromatic heterocycles. The zero-order chi connectivity index (χ0) is 24.0. The Bertz CT molecular complexity index is 1090. The summed E-state index contributed by atoms with van der Waals surface area (Å²) in [5.74, 6) is -0.334. The maximum atomic E-state index is 13.0. The van der Waals surface area contributed by atoms with Gasteiger partial charge >= 0.3 is 6.03 Å². The first kappa shape index (κ1) is 23.6. The molecular weight excluding hydrogens is 428 g/mol. The van der Waals surface area contributed by atoms with Crippen LogP contribution in [0.25, 0.3) is 6.08 Å². The van der Waals surface area contributed by atoms with Gasteiger partial charge in [0.1, 0.15) is 5.57 Å². The average Bonchev–Trinajstić information content (AvgIpc) is 2.80. The van der Waals surface area contributed by atoms with E-state index in [0.29, 0.717) is 35.8 Å². The molecule has 0 bridgehead atoms. The van der Waals surface area contributed by atoms with Crippen LogP contribution >= 0.6 is 0 Å². The standard InChI is InChI=1S/C24H26N2O7/c1-4-10-33-19-9-7-16(13-21(19)32-5-2)14-26-23(29)17(22(28)25-24(26)30)11-15-6-8-18(27)20(12-15)31-3/h6-9,11-13,27H,4-5,10,14H2,1-3H3,(H,25,28,30)/b17-11+. The number of nitrogens with zero attached hydrogens (tertiary/aromatic N) is 1. The number of carbonyl (C=O) groups is 3. The summed E-state index contributed by atoms with van der Waals surface area (Å²) in [6.07, 6.45) is 2.18. The summed E-state index contributed by atoms with van der Waals surface area (Å²) in [6, 6.07) is 8.75. The SMILES string of the molecule is CCCOc1ccc(CN2C(=O)NC(=O)/C(=C\c3ccc(O)c(OC)c3)C2=O)cc1OCC. The number of benzene rings is 2. The molecule has 33 heavy (non-hydrogen) atoms. The predicted molar refractivity (Wildman–Crippen MR) is 120 cm³/mol. The van der Waals surface area contributed by atoms with E-state index in [4.69, 9.17) is 14.2 Å². The minimum atomic E-state index is -0.810. The van der Waals surface area contributed by atoms with Crippen molar-refractivity contribution < 1.29 is 33.7 Å². The van der Waals surface area contributed by atoms with Crippen molar-refractivity contribution in [2.75, 3.05) is 20.3 Å². The zero-order valence-corrected chi connectivity index (χ0v) is 18.7. The normalized spacial score (nSPS) is 14.9. The summed E-state index contributed by atoms with van der Waals surface area (Å²) in [5.41, 5.74) is 0.870. The van der Waals surface area contributed by atoms with Crippen molar-refractivity contribution in [1.82, 2.24) is 10.2 Å². The van der Waals surface area contributed by atoms with Gasteiger partial charge in [-0.2, -0.15) is 0 Å². The van der Waals surface area contributed by atoms with Crippen LogP contribution in [0.5, 0.6) is 23.0 Å². The van der Waals surface area contributed by atoms with Gasteiger partial charge in [-0.1, -0.05) is 19.1 Å². The molecule has 1 aliphatic heterocycles. The van der Waals surface area contributed by atoms with Crippen LogP contribution in [0.1, 0.15) is 31.4 Å². The number of carbonyl (C=O) groups excluding carboxylic acids is 3. The van der Waals surface area contributed by atoms with E-state index in [1.807, 2.05) is 13.8 Å². The van der Waals surface area contributed by atoms with Crippen LogP contribution in [0.2, 0.25) is 0 Å². The highest BCUT2D eigenvalue weighted by molar-refractivity contribution is 6.30. The fraction of sp³-hybridized carbons (Fsp3) is 0.292. The van der Waals surface area contributed by atoms with Crippen molar-refractivity contribution in [2.24, 2.45) is 0 Å². The highest BCUT2D eigenvalue weighted by Crippen LogP contribution is 2.30. The Morgan fingerprint density at radius 2 is 1.79 bits per heavy atom. The minimum Gasteiger partial charge on any atom is -0.504 e. The molecular formula is C24H26N2O7. The lowest BCUT2D eigenvalue weighted by molar-refractivity contribution is -0.130. The first-order valence-electron chi connectivity index (χ1n) is 10.5. The molecule has 1 heterocycles. The topological polar surface area (TPSA) is 114 Å². The maximum Gasteiger partial charge on any atom is 0.331 e. The molecule has 1 saturated heterocycles. The van der Waals surface area contributed by atoms with Crippen LogP contribution in [0.4, 0.5) is 4.79 Å². The quantitative estimate of drug-likeness (QED) is 0.442. The second kappa shape index (κ2) is 10.5. The summed E-state index contributed by atoms with van der Waals surface area (Å²) in [5, 5.41) is 11.9. The van der Waals surface area contributed by atoms with E-state index in [1.54, 1.807) is 18.2 Å².